The second-order valence-electron chi connectivity index (χ2n) is 4.83. The number of rotatable bonds is 3. The normalized spacial score (nSPS) is 28.5. The number of carbonyl (C=O) groups is 1. The molecule has 0 bridgehead atoms. The van der Waals surface area contributed by atoms with Crippen LogP contribution in [-0.2, 0) is 16.1 Å². The zero-order valence-electron chi connectivity index (χ0n) is 10.5. The van der Waals surface area contributed by atoms with E-state index in [0.29, 0.717) is 12.6 Å². The van der Waals surface area contributed by atoms with Gasteiger partial charge in [0.1, 0.15) is 6.10 Å². The molecule has 1 aromatic rings. The standard InChI is InChI=1S/C13H17N3O2.ClH/c17-13(16-8-9-2-1-4-14-7-9)12-6-10-11(18-12)3-5-15-10;/h1-2,4,7,10-12,15H,3,5-6,8H2,(H,16,17);1H/t10-,11-,12-;/m1./s1. The van der Waals surface area contributed by atoms with Crippen LogP contribution in [0.5, 0.6) is 0 Å². The van der Waals surface area contributed by atoms with Crippen molar-refractivity contribution in [1.82, 2.24) is 15.6 Å². The predicted molar refractivity (Wildman–Crippen MR) is 73.0 cm³/mol. The highest BCUT2D eigenvalue weighted by Gasteiger charge is 2.41. The number of aromatic nitrogens is 1. The minimum absolute atomic E-state index is 0. The van der Waals surface area contributed by atoms with Crippen LogP contribution < -0.4 is 10.6 Å². The maximum atomic E-state index is 12.0. The van der Waals surface area contributed by atoms with E-state index in [1.54, 1.807) is 12.4 Å². The molecule has 0 unspecified atom stereocenters. The lowest BCUT2D eigenvalue weighted by molar-refractivity contribution is -0.132. The van der Waals surface area contributed by atoms with E-state index in [1.807, 2.05) is 12.1 Å². The number of pyridine rings is 1. The van der Waals surface area contributed by atoms with Crippen LogP contribution in [0.3, 0.4) is 0 Å². The van der Waals surface area contributed by atoms with Crippen LogP contribution in [0.15, 0.2) is 24.5 Å². The second kappa shape index (κ2) is 6.32. The van der Waals surface area contributed by atoms with Crippen LogP contribution in [0.4, 0.5) is 0 Å². The molecule has 2 aliphatic heterocycles. The molecule has 2 fully saturated rings. The van der Waals surface area contributed by atoms with E-state index in [4.69, 9.17) is 4.74 Å². The lowest BCUT2D eigenvalue weighted by Crippen LogP contribution is -2.35. The van der Waals surface area contributed by atoms with Gasteiger partial charge in [0.05, 0.1) is 6.10 Å². The molecule has 2 saturated heterocycles. The molecule has 0 aromatic carbocycles. The van der Waals surface area contributed by atoms with Crippen LogP contribution in [0, 0.1) is 0 Å². The third kappa shape index (κ3) is 3.23. The van der Waals surface area contributed by atoms with Crippen molar-refractivity contribution in [2.45, 2.75) is 37.6 Å². The minimum Gasteiger partial charge on any atom is -0.363 e. The fourth-order valence-electron chi connectivity index (χ4n) is 2.61. The van der Waals surface area contributed by atoms with Gasteiger partial charge >= 0.3 is 0 Å². The van der Waals surface area contributed by atoms with E-state index in [-0.39, 0.29) is 30.5 Å². The average molecular weight is 284 g/mol. The van der Waals surface area contributed by atoms with Crippen molar-refractivity contribution in [2.24, 2.45) is 0 Å². The summed E-state index contributed by atoms with van der Waals surface area (Å²) in [5, 5.41) is 6.26. The van der Waals surface area contributed by atoms with E-state index in [1.165, 1.54) is 0 Å². The summed E-state index contributed by atoms with van der Waals surface area (Å²) in [4.78, 5) is 16.0. The van der Waals surface area contributed by atoms with Crippen molar-refractivity contribution >= 4 is 18.3 Å². The molecule has 0 saturated carbocycles. The number of nitrogens with one attached hydrogen (secondary N) is 2. The Hall–Kier alpha value is -1.17. The molecular weight excluding hydrogens is 266 g/mol. The van der Waals surface area contributed by atoms with Gasteiger partial charge in [-0.15, -0.1) is 12.4 Å². The molecule has 6 heteroatoms. The summed E-state index contributed by atoms with van der Waals surface area (Å²) in [6.07, 6.45) is 5.19. The van der Waals surface area contributed by atoms with E-state index in [2.05, 4.69) is 15.6 Å². The molecule has 0 aliphatic carbocycles. The zero-order valence-corrected chi connectivity index (χ0v) is 11.4. The van der Waals surface area contributed by atoms with Gasteiger partial charge in [-0.05, 0) is 24.6 Å². The maximum absolute atomic E-state index is 12.0. The first-order valence-electron chi connectivity index (χ1n) is 6.38. The van der Waals surface area contributed by atoms with Crippen molar-refractivity contribution < 1.29 is 9.53 Å². The van der Waals surface area contributed by atoms with Gasteiger partial charge in [-0.1, -0.05) is 6.07 Å². The molecule has 3 rings (SSSR count). The monoisotopic (exact) mass is 283 g/mol. The van der Waals surface area contributed by atoms with E-state index < -0.39 is 0 Å². The highest BCUT2D eigenvalue weighted by Crippen LogP contribution is 2.26. The Balaban J connectivity index is 0.00000133. The number of hydrogen-bond donors (Lipinski definition) is 2. The average Bonchev–Trinajstić information content (AvgIpc) is 2.98. The van der Waals surface area contributed by atoms with Gasteiger partial charge in [-0.2, -0.15) is 0 Å². The minimum atomic E-state index is -0.301. The number of ether oxygens (including phenoxy) is 1. The van der Waals surface area contributed by atoms with Gasteiger partial charge in [0.25, 0.3) is 0 Å². The van der Waals surface area contributed by atoms with Crippen LogP contribution in [0.25, 0.3) is 0 Å². The van der Waals surface area contributed by atoms with Gasteiger partial charge < -0.3 is 15.4 Å². The van der Waals surface area contributed by atoms with Crippen LogP contribution in [-0.4, -0.2) is 35.7 Å². The molecule has 0 spiro atoms. The van der Waals surface area contributed by atoms with Crippen molar-refractivity contribution in [3.63, 3.8) is 0 Å². The van der Waals surface area contributed by atoms with E-state index in [0.717, 1.165) is 24.9 Å². The van der Waals surface area contributed by atoms with Crippen molar-refractivity contribution in [3.8, 4) is 0 Å². The quantitative estimate of drug-likeness (QED) is 0.855. The molecule has 2 aliphatic rings. The van der Waals surface area contributed by atoms with E-state index >= 15 is 0 Å². The van der Waals surface area contributed by atoms with Crippen LogP contribution in [0.2, 0.25) is 0 Å². The van der Waals surface area contributed by atoms with Crippen molar-refractivity contribution in [3.05, 3.63) is 30.1 Å². The number of fused-ring (bicyclic) bond motifs is 1. The summed E-state index contributed by atoms with van der Waals surface area (Å²) < 4.78 is 5.75. The number of carbonyl (C=O) groups excluding carboxylic acids is 1. The van der Waals surface area contributed by atoms with Crippen LogP contribution >= 0.6 is 12.4 Å². The third-order valence-corrected chi connectivity index (χ3v) is 3.57. The van der Waals surface area contributed by atoms with Crippen LogP contribution in [0.1, 0.15) is 18.4 Å². The Bertz CT molecular complexity index is 417. The zero-order chi connectivity index (χ0) is 12.4. The SMILES string of the molecule is Cl.O=C(NCc1cccnc1)[C@H]1C[C@H]2NCC[C@H]2O1. The van der Waals surface area contributed by atoms with Crippen molar-refractivity contribution in [2.75, 3.05) is 6.54 Å². The summed E-state index contributed by atoms with van der Waals surface area (Å²) in [5.74, 6) is -0.0185. The third-order valence-electron chi connectivity index (χ3n) is 3.57. The highest BCUT2D eigenvalue weighted by molar-refractivity contribution is 5.85. The molecule has 19 heavy (non-hydrogen) atoms. The molecule has 0 radical (unpaired) electrons. The van der Waals surface area contributed by atoms with Gasteiger partial charge in [-0.3, -0.25) is 9.78 Å². The smallest absolute Gasteiger partial charge is 0.249 e. The number of amides is 1. The molecule has 5 nitrogen and oxygen atoms in total. The first-order valence-corrected chi connectivity index (χ1v) is 6.38. The predicted octanol–water partition coefficient (Wildman–Crippen LogP) is 0.639. The number of hydrogen-bond acceptors (Lipinski definition) is 4. The largest absolute Gasteiger partial charge is 0.363 e. The first kappa shape index (κ1) is 14.2. The topological polar surface area (TPSA) is 63.2 Å². The molecule has 3 heterocycles. The summed E-state index contributed by atoms with van der Waals surface area (Å²) in [5.41, 5.74) is 1.00. The van der Waals surface area contributed by atoms with Gasteiger partial charge in [0.15, 0.2) is 0 Å². The summed E-state index contributed by atoms with van der Waals surface area (Å²) >= 11 is 0. The molecule has 1 aromatic heterocycles. The summed E-state index contributed by atoms with van der Waals surface area (Å²) in [6, 6.07) is 4.17. The molecule has 3 atom stereocenters. The molecule has 104 valence electrons. The van der Waals surface area contributed by atoms with Gasteiger partial charge in [0, 0.05) is 31.4 Å². The summed E-state index contributed by atoms with van der Waals surface area (Å²) in [7, 11) is 0. The van der Waals surface area contributed by atoms with Crippen molar-refractivity contribution in [1.29, 1.82) is 0 Å². The lowest BCUT2D eigenvalue weighted by atomic mass is 10.1. The molecule has 1 amide bonds. The fraction of sp³-hybridized carbons (Fsp3) is 0.538. The summed E-state index contributed by atoms with van der Waals surface area (Å²) in [6.45, 7) is 1.51. The number of halogens is 1. The van der Waals surface area contributed by atoms with E-state index in [9.17, 15) is 4.79 Å². The molecule has 2 N–H and O–H groups in total. The Morgan fingerprint density at radius 1 is 1.58 bits per heavy atom. The Labute approximate surface area is 118 Å². The maximum Gasteiger partial charge on any atom is 0.249 e. The Kier molecular flexibility index (Phi) is 4.74. The highest BCUT2D eigenvalue weighted by atomic mass is 35.5. The van der Waals surface area contributed by atoms with Gasteiger partial charge in [-0.25, -0.2) is 0 Å². The van der Waals surface area contributed by atoms with Gasteiger partial charge in [0.2, 0.25) is 5.91 Å². The Morgan fingerprint density at radius 3 is 3.21 bits per heavy atom. The Morgan fingerprint density at radius 2 is 2.47 bits per heavy atom. The number of nitrogens with zero attached hydrogens (tertiary/aromatic N) is 1. The second-order valence-corrected chi connectivity index (χ2v) is 4.83. The molecular formula is C13H18ClN3O2. The first-order chi connectivity index (χ1) is 8.83. The fourth-order valence-corrected chi connectivity index (χ4v) is 2.61. The lowest BCUT2D eigenvalue weighted by Gasteiger charge is -2.12.